The number of carbonyl (C=O) groups is 1. The summed E-state index contributed by atoms with van der Waals surface area (Å²) in [6.45, 7) is 1.93. The van der Waals surface area contributed by atoms with Gasteiger partial charge in [0.15, 0.2) is 18.2 Å². The zero-order chi connectivity index (χ0) is 20.1. The summed E-state index contributed by atoms with van der Waals surface area (Å²) in [5.41, 5.74) is 1.38. The van der Waals surface area contributed by atoms with Crippen molar-refractivity contribution in [3.63, 3.8) is 0 Å². The van der Waals surface area contributed by atoms with Crippen LogP contribution in [0.5, 0.6) is 0 Å². The molecule has 3 nitrogen and oxygen atoms in total. The van der Waals surface area contributed by atoms with E-state index in [0.29, 0.717) is 5.56 Å². The second-order valence-corrected chi connectivity index (χ2v) is 7.45. The predicted octanol–water partition coefficient (Wildman–Crippen LogP) is 3.70. The molecule has 0 fully saturated rings. The van der Waals surface area contributed by atoms with Crippen LogP contribution in [-0.4, -0.2) is 12.5 Å². The monoisotopic (exact) mass is 405 g/mol. The molecule has 0 unspecified atom stereocenters. The first-order valence-electron chi connectivity index (χ1n) is 8.80. The first-order valence-corrected chi connectivity index (χ1v) is 9.68. The molecule has 0 spiro atoms. The van der Waals surface area contributed by atoms with E-state index in [-0.39, 0.29) is 30.4 Å². The Kier molecular flexibility index (Phi) is 6.49. The number of nitrogens with two attached hydrogens (primary N) is 1. The largest absolute Gasteiger partial charge is 0.339 e. The third kappa shape index (κ3) is 4.99. The zero-order valence-electron chi connectivity index (χ0n) is 15.2. The van der Waals surface area contributed by atoms with Gasteiger partial charge in [-0.3, -0.25) is 4.79 Å². The van der Waals surface area contributed by atoms with Gasteiger partial charge in [-0.15, -0.1) is 11.3 Å². The molecule has 0 aliphatic rings. The number of hydrogen-bond acceptors (Lipinski definition) is 2. The lowest BCUT2D eigenvalue weighted by Gasteiger charge is -2.18. The molecule has 1 aromatic heterocycles. The Bertz CT molecular complexity index is 929. The van der Waals surface area contributed by atoms with E-state index < -0.39 is 11.6 Å². The SMILES string of the molecule is C[C@@H]([NH2+]CC(=O)N[C@@H](c1ccc(F)cc1)c1cccs1)c1ccc(F)c(F)c1. The third-order valence-electron chi connectivity index (χ3n) is 4.46. The van der Waals surface area contributed by atoms with Gasteiger partial charge in [0.05, 0.1) is 6.04 Å². The van der Waals surface area contributed by atoms with Crippen molar-refractivity contribution in [2.45, 2.75) is 19.0 Å². The van der Waals surface area contributed by atoms with Crippen molar-refractivity contribution in [1.82, 2.24) is 5.32 Å². The highest BCUT2D eigenvalue weighted by Crippen LogP contribution is 2.26. The van der Waals surface area contributed by atoms with Crippen LogP contribution in [0.1, 0.15) is 35.0 Å². The second-order valence-electron chi connectivity index (χ2n) is 6.47. The van der Waals surface area contributed by atoms with Crippen LogP contribution in [0.25, 0.3) is 0 Å². The molecular weight excluding hydrogens is 385 g/mol. The third-order valence-corrected chi connectivity index (χ3v) is 5.40. The van der Waals surface area contributed by atoms with Gasteiger partial charge in [-0.25, -0.2) is 13.2 Å². The Morgan fingerprint density at radius 1 is 1.04 bits per heavy atom. The summed E-state index contributed by atoms with van der Waals surface area (Å²) in [5.74, 6) is -2.35. The highest BCUT2D eigenvalue weighted by Gasteiger charge is 2.20. The molecule has 2 aromatic carbocycles. The maximum absolute atomic E-state index is 13.4. The number of thiophene rings is 1. The smallest absolute Gasteiger partial charge is 0.275 e. The Morgan fingerprint density at radius 3 is 2.39 bits per heavy atom. The molecule has 2 atom stereocenters. The van der Waals surface area contributed by atoms with E-state index in [1.165, 1.54) is 29.5 Å². The fourth-order valence-electron chi connectivity index (χ4n) is 2.86. The average Bonchev–Trinajstić information content (AvgIpc) is 3.21. The quantitative estimate of drug-likeness (QED) is 0.619. The van der Waals surface area contributed by atoms with Crippen LogP contribution in [0.4, 0.5) is 13.2 Å². The standard InChI is InChI=1S/C21H19F3N2OS/c1-13(15-6-9-17(23)18(24)11-15)25-12-20(27)26-21(19-3-2-10-28-19)14-4-7-16(22)8-5-14/h2-11,13,21,25H,12H2,1H3,(H,26,27)/p+1/t13-,21+/m1/s1. The maximum Gasteiger partial charge on any atom is 0.275 e. The van der Waals surface area contributed by atoms with Crippen molar-refractivity contribution in [3.05, 3.63) is 93.4 Å². The first-order chi connectivity index (χ1) is 13.4. The van der Waals surface area contributed by atoms with Crippen LogP contribution >= 0.6 is 11.3 Å². The Morgan fingerprint density at radius 2 is 1.75 bits per heavy atom. The van der Waals surface area contributed by atoms with Crippen LogP contribution in [0, 0.1) is 17.5 Å². The molecule has 3 aromatic rings. The van der Waals surface area contributed by atoms with Crippen molar-refractivity contribution >= 4 is 17.2 Å². The fraction of sp³-hybridized carbons (Fsp3) is 0.190. The minimum atomic E-state index is -0.906. The van der Waals surface area contributed by atoms with E-state index >= 15 is 0 Å². The lowest BCUT2D eigenvalue weighted by Crippen LogP contribution is -2.87. The van der Waals surface area contributed by atoms with E-state index in [4.69, 9.17) is 0 Å². The van der Waals surface area contributed by atoms with Crippen molar-refractivity contribution in [3.8, 4) is 0 Å². The zero-order valence-corrected chi connectivity index (χ0v) is 16.0. The molecule has 7 heteroatoms. The summed E-state index contributed by atoms with van der Waals surface area (Å²) in [7, 11) is 0. The van der Waals surface area contributed by atoms with E-state index in [2.05, 4.69) is 5.32 Å². The summed E-state index contributed by atoms with van der Waals surface area (Å²) in [5, 5.41) is 6.63. The normalized spacial score (nSPS) is 13.1. The fourth-order valence-corrected chi connectivity index (χ4v) is 3.67. The van der Waals surface area contributed by atoms with Gasteiger partial charge >= 0.3 is 0 Å². The van der Waals surface area contributed by atoms with Crippen LogP contribution in [0.2, 0.25) is 0 Å². The molecule has 146 valence electrons. The summed E-state index contributed by atoms with van der Waals surface area (Å²) < 4.78 is 39.7. The molecule has 1 amide bonds. The molecule has 0 saturated heterocycles. The average molecular weight is 405 g/mol. The van der Waals surface area contributed by atoms with Crippen LogP contribution in [0.15, 0.2) is 60.0 Å². The number of halogens is 3. The van der Waals surface area contributed by atoms with Crippen molar-refractivity contribution in [2.24, 2.45) is 0 Å². The van der Waals surface area contributed by atoms with Crippen LogP contribution in [0.3, 0.4) is 0 Å². The van der Waals surface area contributed by atoms with Gasteiger partial charge in [-0.1, -0.05) is 18.2 Å². The maximum atomic E-state index is 13.4. The number of nitrogens with one attached hydrogen (secondary N) is 1. The lowest BCUT2D eigenvalue weighted by molar-refractivity contribution is -0.682. The van der Waals surface area contributed by atoms with Crippen LogP contribution < -0.4 is 10.6 Å². The molecule has 0 bridgehead atoms. The highest BCUT2D eigenvalue weighted by atomic mass is 32.1. The molecule has 0 aliphatic heterocycles. The van der Waals surface area contributed by atoms with Gasteiger partial charge < -0.3 is 10.6 Å². The minimum absolute atomic E-state index is 0.114. The van der Waals surface area contributed by atoms with Gasteiger partial charge in [-0.2, -0.15) is 0 Å². The van der Waals surface area contributed by atoms with Crippen molar-refractivity contribution in [1.29, 1.82) is 0 Å². The number of carbonyl (C=O) groups excluding carboxylic acids is 1. The molecule has 3 rings (SSSR count). The second kappa shape index (κ2) is 9.03. The predicted molar refractivity (Wildman–Crippen MR) is 102 cm³/mol. The lowest BCUT2D eigenvalue weighted by atomic mass is 10.1. The summed E-state index contributed by atoms with van der Waals surface area (Å²) in [6.07, 6.45) is 0. The Balaban J connectivity index is 1.65. The Labute approximate surface area is 165 Å². The van der Waals surface area contributed by atoms with Crippen LogP contribution in [-0.2, 0) is 4.79 Å². The van der Waals surface area contributed by atoms with E-state index in [1.807, 2.05) is 24.4 Å². The van der Waals surface area contributed by atoms with Gasteiger partial charge in [-0.05, 0) is 54.3 Å². The van der Waals surface area contributed by atoms with Crippen molar-refractivity contribution < 1.29 is 23.3 Å². The number of rotatable bonds is 7. The topological polar surface area (TPSA) is 45.7 Å². The Hall–Kier alpha value is -2.64. The molecule has 3 N–H and O–H groups in total. The number of benzene rings is 2. The highest BCUT2D eigenvalue weighted by molar-refractivity contribution is 7.10. The van der Waals surface area contributed by atoms with Gasteiger partial charge in [0.25, 0.3) is 5.91 Å². The summed E-state index contributed by atoms with van der Waals surface area (Å²) >= 11 is 1.50. The first kappa shape index (κ1) is 20.1. The number of quaternary nitrogens is 1. The number of hydrogen-bond donors (Lipinski definition) is 2. The van der Waals surface area contributed by atoms with E-state index in [9.17, 15) is 18.0 Å². The minimum Gasteiger partial charge on any atom is -0.339 e. The molecule has 0 aliphatic carbocycles. The molecular formula is C21H20F3N2OS+. The molecule has 28 heavy (non-hydrogen) atoms. The van der Waals surface area contributed by atoms with Gasteiger partial charge in [0.1, 0.15) is 11.9 Å². The number of amides is 1. The molecule has 0 saturated carbocycles. The summed E-state index contributed by atoms with van der Waals surface area (Å²) in [4.78, 5) is 13.4. The summed E-state index contributed by atoms with van der Waals surface area (Å²) in [6, 6.07) is 12.9. The van der Waals surface area contributed by atoms with Crippen molar-refractivity contribution in [2.75, 3.05) is 6.54 Å². The molecule has 0 radical (unpaired) electrons. The van der Waals surface area contributed by atoms with E-state index in [1.54, 1.807) is 17.4 Å². The van der Waals surface area contributed by atoms with Gasteiger partial charge in [0, 0.05) is 10.4 Å². The van der Waals surface area contributed by atoms with Gasteiger partial charge in [0.2, 0.25) is 0 Å². The molecule has 1 heterocycles. The van der Waals surface area contributed by atoms with E-state index in [0.717, 1.165) is 22.6 Å².